The largest absolute Gasteiger partial charge is 0.330 e. The number of rotatable bonds is 5. The smallest absolute Gasteiger partial charge is 0.243 e. The van der Waals surface area contributed by atoms with Crippen molar-refractivity contribution in [3.63, 3.8) is 0 Å². The first-order valence-corrected chi connectivity index (χ1v) is 7.08. The lowest BCUT2D eigenvalue weighted by atomic mass is 9.72. The van der Waals surface area contributed by atoms with Gasteiger partial charge in [-0.2, -0.15) is 0 Å². The fourth-order valence-electron chi connectivity index (χ4n) is 3.08. The predicted octanol–water partition coefficient (Wildman–Crippen LogP) is 0.822. The van der Waals surface area contributed by atoms with E-state index in [0.717, 1.165) is 25.8 Å². The maximum Gasteiger partial charge on any atom is 0.243 e. The Morgan fingerprint density at radius 1 is 1.45 bits per heavy atom. The van der Waals surface area contributed by atoms with Gasteiger partial charge in [-0.25, -0.2) is 5.48 Å². The molecule has 0 bridgehead atoms. The van der Waals surface area contributed by atoms with Crippen LogP contribution in [0.3, 0.4) is 0 Å². The van der Waals surface area contributed by atoms with Crippen LogP contribution in [0, 0.1) is 5.41 Å². The highest BCUT2D eigenvalue weighted by molar-refractivity contribution is 5.75. The average molecular weight is 277 g/mol. The summed E-state index contributed by atoms with van der Waals surface area (Å²) >= 11 is 0. The standard InChI is InChI=1S/C15H23N3O2/c16-11-15(10-14(19)18-20)6-7-17-13(9-15)8-12-4-2-1-3-5-12/h1-5,13,17,20H,6-11,16H2,(H,18,19). The highest BCUT2D eigenvalue weighted by Crippen LogP contribution is 2.34. The molecule has 1 fully saturated rings. The van der Waals surface area contributed by atoms with E-state index in [4.69, 9.17) is 10.9 Å². The van der Waals surface area contributed by atoms with Crippen molar-refractivity contribution in [3.8, 4) is 0 Å². The minimum atomic E-state index is -0.351. The Bertz CT molecular complexity index is 438. The van der Waals surface area contributed by atoms with Gasteiger partial charge >= 0.3 is 0 Å². The normalized spacial score (nSPS) is 26.2. The van der Waals surface area contributed by atoms with Gasteiger partial charge in [0.15, 0.2) is 0 Å². The second kappa shape index (κ2) is 6.83. The van der Waals surface area contributed by atoms with Gasteiger partial charge in [0.25, 0.3) is 0 Å². The molecule has 2 atom stereocenters. The van der Waals surface area contributed by atoms with Gasteiger partial charge in [0, 0.05) is 12.5 Å². The molecule has 2 unspecified atom stereocenters. The van der Waals surface area contributed by atoms with Crippen molar-refractivity contribution in [3.05, 3.63) is 35.9 Å². The van der Waals surface area contributed by atoms with Crippen LogP contribution in [0.4, 0.5) is 0 Å². The Hall–Kier alpha value is -1.43. The summed E-state index contributed by atoms with van der Waals surface area (Å²) in [7, 11) is 0. The molecule has 20 heavy (non-hydrogen) atoms. The van der Waals surface area contributed by atoms with Crippen LogP contribution in [0.1, 0.15) is 24.8 Å². The molecular formula is C15H23N3O2. The molecule has 5 heteroatoms. The summed E-state index contributed by atoms with van der Waals surface area (Å²) in [5, 5.41) is 12.2. The van der Waals surface area contributed by atoms with Crippen LogP contribution in [0.15, 0.2) is 30.3 Å². The van der Waals surface area contributed by atoms with E-state index in [0.29, 0.717) is 12.6 Å². The number of benzene rings is 1. The van der Waals surface area contributed by atoms with Crippen molar-refractivity contribution < 1.29 is 10.0 Å². The summed E-state index contributed by atoms with van der Waals surface area (Å²) in [5.41, 5.74) is 8.70. The van der Waals surface area contributed by atoms with Crippen LogP contribution < -0.4 is 16.5 Å². The van der Waals surface area contributed by atoms with Crippen LogP contribution in [0.5, 0.6) is 0 Å². The Kier molecular flexibility index (Phi) is 5.11. The summed E-state index contributed by atoms with van der Waals surface area (Å²) < 4.78 is 0. The van der Waals surface area contributed by atoms with Crippen molar-refractivity contribution in [2.45, 2.75) is 31.7 Å². The lowest BCUT2D eigenvalue weighted by Crippen LogP contribution is -2.49. The number of carbonyl (C=O) groups is 1. The molecule has 1 aliphatic rings. The van der Waals surface area contributed by atoms with E-state index in [1.807, 2.05) is 18.2 Å². The molecule has 0 aliphatic carbocycles. The van der Waals surface area contributed by atoms with Gasteiger partial charge in [0.05, 0.1) is 0 Å². The molecule has 1 aliphatic heterocycles. The Morgan fingerprint density at radius 3 is 2.85 bits per heavy atom. The molecule has 1 heterocycles. The van der Waals surface area contributed by atoms with Gasteiger partial charge in [-0.1, -0.05) is 30.3 Å². The number of hydrogen-bond donors (Lipinski definition) is 4. The number of hydrogen-bond acceptors (Lipinski definition) is 4. The van der Waals surface area contributed by atoms with E-state index < -0.39 is 0 Å². The van der Waals surface area contributed by atoms with Gasteiger partial charge in [-0.05, 0) is 43.3 Å². The number of nitrogens with two attached hydrogens (primary N) is 1. The van der Waals surface area contributed by atoms with Gasteiger partial charge in [-0.15, -0.1) is 0 Å². The van der Waals surface area contributed by atoms with Gasteiger partial charge in [-0.3, -0.25) is 10.0 Å². The first-order valence-electron chi connectivity index (χ1n) is 7.08. The molecule has 1 amide bonds. The third-order valence-corrected chi connectivity index (χ3v) is 4.19. The zero-order valence-electron chi connectivity index (χ0n) is 11.6. The van der Waals surface area contributed by atoms with E-state index in [9.17, 15) is 4.79 Å². The molecule has 5 nitrogen and oxygen atoms in total. The molecule has 0 spiro atoms. The molecule has 1 aromatic carbocycles. The quantitative estimate of drug-likeness (QED) is 0.474. The Morgan fingerprint density at radius 2 is 2.20 bits per heavy atom. The van der Waals surface area contributed by atoms with Crippen LogP contribution >= 0.6 is 0 Å². The lowest BCUT2D eigenvalue weighted by molar-refractivity contribution is -0.132. The molecule has 1 aromatic rings. The SMILES string of the molecule is NCC1(CC(=O)NO)CCNC(Cc2ccccc2)C1. The maximum absolute atomic E-state index is 11.5. The third kappa shape index (κ3) is 3.79. The number of hydroxylamine groups is 1. The van der Waals surface area contributed by atoms with Crippen molar-refractivity contribution in [1.29, 1.82) is 0 Å². The molecular weight excluding hydrogens is 254 g/mol. The molecule has 2 rings (SSSR count). The predicted molar refractivity (Wildman–Crippen MR) is 77.2 cm³/mol. The van der Waals surface area contributed by atoms with Crippen LogP contribution in [-0.4, -0.2) is 30.2 Å². The molecule has 5 N–H and O–H groups in total. The van der Waals surface area contributed by atoms with Crippen molar-refractivity contribution in [1.82, 2.24) is 10.8 Å². The van der Waals surface area contributed by atoms with Crippen LogP contribution in [0.25, 0.3) is 0 Å². The average Bonchev–Trinajstić information content (AvgIpc) is 2.48. The van der Waals surface area contributed by atoms with Crippen molar-refractivity contribution in [2.24, 2.45) is 11.1 Å². The van der Waals surface area contributed by atoms with Crippen molar-refractivity contribution in [2.75, 3.05) is 13.1 Å². The highest BCUT2D eigenvalue weighted by atomic mass is 16.5. The minimum absolute atomic E-state index is 0.211. The van der Waals surface area contributed by atoms with E-state index in [2.05, 4.69) is 17.4 Å². The van der Waals surface area contributed by atoms with Crippen molar-refractivity contribution >= 4 is 5.91 Å². The number of piperidine rings is 1. The van der Waals surface area contributed by atoms with E-state index in [1.54, 1.807) is 5.48 Å². The van der Waals surface area contributed by atoms with Gasteiger partial charge < -0.3 is 11.1 Å². The topological polar surface area (TPSA) is 87.4 Å². The highest BCUT2D eigenvalue weighted by Gasteiger charge is 2.36. The molecule has 0 saturated carbocycles. The number of nitrogens with one attached hydrogen (secondary N) is 2. The molecule has 0 aromatic heterocycles. The fourth-order valence-corrected chi connectivity index (χ4v) is 3.08. The number of carbonyl (C=O) groups excluding carboxylic acids is 1. The second-order valence-corrected chi connectivity index (χ2v) is 5.71. The summed E-state index contributed by atoms with van der Waals surface area (Å²) in [6, 6.07) is 10.6. The molecule has 110 valence electrons. The second-order valence-electron chi connectivity index (χ2n) is 5.71. The monoisotopic (exact) mass is 277 g/mol. The minimum Gasteiger partial charge on any atom is -0.330 e. The zero-order valence-corrected chi connectivity index (χ0v) is 11.6. The summed E-state index contributed by atoms with van der Waals surface area (Å²) in [6.45, 7) is 1.32. The zero-order chi connectivity index (χ0) is 14.4. The van der Waals surface area contributed by atoms with Crippen LogP contribution in [-0.2, 0) is 11.2 Å². The van der Waals surface area contributed by atoms with E-state index in [1.165, 1.54) is 5.56 Å². The van der Waals surface area contributed by atoms with E-state index in [-0.39, 0.29) is 17.7 Å². The maximum atomic E-state index is 11.5. The van der Waals surface area contributed by atoms with Gasteiger partial charge in [0.1, 0.15) is 0 Å². The first kappa shape index (κ1) is 15.0. The van der Waals surface area contributed by atoms with E-state index >= 15 is 0 Å². The Balaban J connectivity index is 2.01. The lowest BCUT2D eigenvalue weighted by Gasteiger charge is -2.40. The first-order chi connectivity index (χ1) is 9.67. The summed E-state index contributed by atoms with van der Waals surface area (Å²) in [5.74, 6) is -0.351. The van der Waals surface area contributed by atoms with Crippen LogP contribution in [0.2, 0.25) is 0 Å². The fraction of sp³-hybridized carbons (Fsp3) is 0.533. The number of amides is 1. The molecule has 1 saturated heterocycles. The third-order valence-electron chi connectivity index (χ3n) is 4.19. The Labute approximate surface area is 119 Å². The summed E-state index contributed by atoms with van der Waals surface area (Å²) in [6.07, 6.45) is 2.93. The summed E-state index contributed by atoms with van der Waals surface area (Å²) in [4.78, 5) is 11.5. The molecule has 0 radical (unpaired) electrons. The van der Waals surface area contributed by atoms with Gasteiger partial charge in [0.2, 0.25) is 5.91 Å².